The zero-order valence-electron chi connectivity index (χ0n) is 11.2. The SMILES string of the molecule is CCCCN(CC(N)=O)C(=O)N1CCC[C@H]1C(=O)O. The second-order valence-corrected chi connectivity index (χ2v) is 4.71. The normalized spacial score (nSPS) is 18.4. The number of carboxylic acid groups (broad SMARTS) is 1. The molecule has 1 heterocycles. The van der Waals surface area contributed by atoms with Crippen LogP contribution >= 0.6 is 0 Å². The molecule has 1 fully saturated rings. The minimum absolute atomic E-state index is 0.165. The van der Waals surface area contributed by atoms with Gasteiger partial charge in [0.05, 0.1) is 0 Å². The molecular weight excluding hydrogens is 250 g/mol. The van der Waals surface area contributed by atoms with Crippen LogP contribution in [0.15, 0.2) is 0 Å². The van der Waals surface area contributed by atoms with Crippen molar-refractivity contribution in [2.45, 2.75) is 38.6 Å². The third kappa shape index (κ3) is 4.11. The van der Waals surface area contributed by atoms with E-state index in [-0.39, 0.29) is 6.54 Å². The zero-order valence-corrected chi connectivity index (χ0v) is 11.2. The summed E-state index contributed by atoms with van der Waals surface area (Å²) in [5.74, 6) is -1.59. The summed E-state index contributed by atoms with van der Waals surface area (Å²) < 4.78 is 0. The summed E-state index contributed by atoms with van der Waals surface area (Å²) in [6, 6.07) is -1.19. The average Bonchev–Trinajstić information content (AvgIpc) is 2.82. The smallest absolute Gasteiger partial charge is 0.326 e. The molecule has 0 aromatic heterocycles. The van der Waals surface area contributed by atoms with Crippen LogP contribution in [0.5, 0.6) is 0 Å². The van der Waals surface area contributed by atoms with Gasteiger partial charge in [0.1, 0.15) is 12.6 Å². The lowest BCUT2D eigenvalue weighted by atomic mass is 10.2. The third-order valence-electron chi connectivity index (χ3n) is 3.18. The number of primary amides is 1. The lowest BCUT2D eigenvalue weighted by Crippen LogP contribution is -2.50. The molecule has 0 aromatic carbocycles. The maximum atomic E-state index is 12.3. The highest BCUT2D eigenvalue weighted by molar-refractivity contribution is 5.86. The van der Waals surface area contributed by atoms with Gasteiger partial charge in [0, 0.05) is 13.1 Å². The first-order valence-electron chi connectivity index (χ1n) is 6.54. The molecule has 1 aliphatic rings. The highest BCUT2D eigenvalue weighted by Gasteiger charge is 2.36. The molecule has 0 saturated carbocycles. The molecule has 1 saturated heterocycles. The summed E-state index contributed by atoms with van der Waals surface area (Å²) in [4.78, 5) is 37.0. The number of nitrogens with zero attached hydrogens (tertiary/aromatic N) is 2. The Labute approximate surface area is 112 Å². The van der Waals surface area contributed by atoms with Gasteiger partial charge in [0.2, 0.25) is 5.91 Å². The van der Waals surface area contributed by atoms with Gasteiger partial charge in [-0.1, -0.05) is 13.3 Å². The van der Waals surface area contributed by atoms with E-state index >= 15 is 0 Å². The van der Waals surface area contributed by atoms with E-state index in [4.69, 9.17) is 10.8 Å². The number of amides is 3. The first-order valence-corrected chi connectivity index (χ1v) is 6.54. The highest BCUT2D eigenvalue weighted by atomic mass is 16.4. The van der Waals surface area contributed by atoms with E-state index in [1.165, 1.54) is 9.80 Å². The Kier molecular flexibility index (Phi) is 5.59. The van der Waals surface area contributed by atoms with Gasteiger partial charge in [-0.3, -0.25) is 4.79 Å². The fourth-order valence-electron chi connectivity index (χ4n) is 2.21. The molecule has 1 rings (SSSR count). The van der Waals surface area contributed by atoms with Gasteiger partial charge in [-0.2, -0.15) is 0 Å². The standard InChI is InChI=1S/C12H21N3O4/c1-2-3-6-14(8-10(13)16)12(19)15-7-4-5-9(15)11(17)18/h9H,2-8H2,1H3,(H2,13,16)(H,17,18)/t9-/m0/s1. The van der Waals surface area contributed by atoms with Crippen molar-refractivity contribution in [3.05, 3.63) is 0 Å². The van der Waals surface area contributed by atoms with Gasteiger partial charge in [-0.05, 0) is 19.3 Å². The summed E-state index contributed by atoms with van der Waals surface area (Å²) >= 11 is 0. The first kappa shape index (κ1) is 15.3. The molecule has 0 unspecified atom stereocenters. The van der Waals surface area contributed by atoms with E-state index < -0.39 is 23.9 Å². The van der Waals surface area contributed by atoms with Crippen LogP contribution in [0, 0.1) is 0 Å². The summed E-state index contributed by atoms with van der Waals surface area (Å²) in [5, 5.41) is 9.07. The molecule has 0 spiro atoms. The van der Waals surface area contributed by atoms with Gasteiger partial charge in [0.15, 0.2) is 0 Å². The van der Waals surface area contributed by atoms with E-state index in [1.54, 1.807) is 0 Å². The second-order valence-electron chi connectivity index (χ2n) is 4.71. The minimum Gasteiger partial charge on any atom is -0.480 e. The monoisotopic (exact) mass is 271 g/mol. The van der Waals surface area contributed by atoms with Crippen molar-refractivity contribution < 1.29 is 19.5 Å². The summed E-state index contributed by atoms with van der Waals surface area (Å²) in [7, 11) is 0. The van der Waals surface area contributed by atoms with Crippen molar-refractivity contribution >= 4 is 17.9 Å². The molecular formula is C12H21N3O4. The fourth-order valence-corrected chi connectivity index (χ4v) is 2.21. The maximum absolute atomic E-state index is 12.3. The van der Waals surface area contributed by atoms with Crippen molar-refractivity contribution in [2.75, 3.05) is 19.6 Å². The number of unbranched alkanes of at least 4 members (excludes halogenated alkanes) is 1. The Bertz CT molecular complexity index is 359. The molecule has 0 aliphatic carbocycles. The number of hydrogen-bond acceptors (Lipinski definition) is 3. The van der Waals surface area contributed by atoms with Crippen molar-refractivity contribution in [2.24, 2.45) is 5.73 Å². The van der Waals surface area contributed by atoms with Crippen LogP contribution in [-0.2, 0) is 9.59 Å². The largest absolute Gasteiger partial charge is 0.480 e. The molecule has 7 nitrogen and oxygen atoms in total. The second kappa shape index (κ2) is 6.96. The number of hydrogen-bond donors (Lipinski definition) is 2. The molecule has 0 aromatic rings. The number of carbonyl (C=O) groups is 3. The van der Waals surface area contributed by atoms with Crippen molar-refractivity contribution in [3.63, 3.8) is 0 Å². The molecule has 0 radical (unpaired) electrons. The summed E-state index contributed by atoms with van der Waals surface area (Å²) in [5.41, 5.74) is 5.13. The Morgan fingerprint density at radius 2 is 2.11 bits per heavy atom. The molecule has 0 bridgehead atoms. The number of aliphatic carboxylic acids is 1. The summed E-state index contributed by atoms with van der Waals surface area (Å²) in [6.45, 7) is 2.64. The number of carbonyl (C=O) groups excluding carboxylic acids is 2. The van der Waals surface area contributed by atoms with Gasteiger partial charge < -0.3 is 20.6 Å². The van der Waals surface area contributed by atoms with Crippen LogP contribution in [0.2, 0.25) is 0 Å². The predicted octanol–water partition coefficient (Wildman–Crippen LogP) is 0.243. The van der Waals surface area contributed by atoms with Crippen molar-refractivity contribution in [1.29, 1.82) is 0 Å². The predicted molar refractivity (Wildman–Crippen MR) is 68.4 cm³/mol. The van der Waals surface area contributed by atoms with Gasteiger partial charge in [0.25, 0.3) is 0 Å². The highest BCUT2D eigenvalue weighted by Crippen LogP contribution is 2.19. The van der Waals surface area contributed by atoms with Gasteiger partial charge in [-0.25, -0.2) is 9.59 Å². The van der Waals surface area contributed by atoms with Crippen LogP contribution in [0.3, 0.4) is 0 Å². The Morgan fingerprint density at radius 1 is 1.42 bits per heavy atom. The van der Waals surface area contributed by atoms with E-state index in [9.17, 15) is 14.4 Å². The molecule has 19 heavy (non-hydrogen) atoms. The molecule has 3 N–H and O–H groups in total. The van der Waals surface area contributed by atoms with Gasteiger partial charge in [-0.15, -0.1) is 0 Å². The van der Waals surface area contributed by atoms with Crippen LogP contribution in [-0.4, -0.2) is 58.5 Å². The van der Waals surface area contributed by atoms with E-state index in [0.29, 0.717) is 25.9 Å². The Hall–Kier alpha value is -1.79. The zero-order chi connectivity index (χ0) is 14.4. The number of urea groups is 1. The lowest BCUT2D eigenvalue weighted by molar-refractivity contribution is -0.141. The number of nitrogens with two attached hydrogens (primary N) is 1. The average molecular weight is 271 g/mol. The molecule has 1 atom stereocenters. The fraction of sp³-hybridized carbons (Fsp3) is 0.750. The van der Waals surface area contributed by atoms with E-state index in [2.05, 4.69) is 0 Å². The Morgan fingerprint density at radius 3 is 2.63 bits per heavy atom. The van der Waals surface area contributed by atoms with Crippen LogP contribution in [0.25, 0.3) is 0 Å². The number of rotatable bonds is 6. The van der Waals surface area contributed by atoms with Crippen LogP contribution in [0.4, 0.5) is 4.79 Å². The molecule has 7 heteroatoms. The minimum atomic E-state index is -1.000. The Balaban J connectivity index is 2.73. The third-order valence-corrected chi connectivity index (χ3v) is 3.18. The lowest BCUT2D eigenvalue weighted by Gasteiger charge is -2.29. The molecule has 3 amide bonds. The van der Waals surface area contributed by atoms with Crippen molar-refractivity contribution in [1.82, 2.24) is 9.80 Å². The molecule has 1 aliphatic heterocycles. The summed E-state index contributed by atoms with van der Waals surface area (Å²) in [6.07, 6.45) is 2.76. The number of likely N-dealkylation sites (tertiary alicyclic amines) is 1. The van der Waals surface area contributed by atoms with Crippen molar-refractivity contribution in [3.8, 4) is 0 Å². The van der Waals surface area contributed by atoms with Crippen LogP contribution in [0.1, 0.15) is 32.6 Å². The van der Waals surface area contributed by atoms with Crippen LogP contribution < -0.4 is 5.73 Å². The topological polar surface area (TPSA) is 104 Å². The first-order chi connectivity index (χ1) is 8.97. The maximum Gasteiger partial charge on any atom is 0.326 e. The van der Waals surface area contributed by atoms with Gasteiger partial charge >= 0.3 is 12.0 Å². The van der Waals surface area contributed by atoms with E-state index in [0.717, 1.165) is 12.8 Å². The number of carboxylic acids is 1. The van der Waals surface area contributed by atoms with E-state index in [1.807, 2.05) is 6.92 Å². The quantitative estimate of drug-likeness (QED) is 0.722. The molecule has 108 valence electrons.